The molecular formula is C9H11ClN4S. The Morgan fingerprint density at radius 3 is 2.67 bits per heavy atom. The molecule has 0 radical (unpaired) electrons. The average Bonchev–Trinajstić information content (AvgIpc) is 2.73. The van der Waals surface area contributed by atoms with Crippen LogP contribution in [-0.4, -0.2) is 21.8 Å². The Morgan fingerprint density at radius 2 is 2.20 bits per heavy atom. The highest BCUT2D eigenvalue weighted by atomic mass is 35.5. The van der Waals surface area contributed by atoms with Crippen LogP contribution in [0.2, 0.25) is 5.02 Å². The smallest absolute Gasteiger partial charge is 0.224 e. The molecule has 2 heterocycles. The number of thiophene rings is 1. The first-order valence-electron chi connectivity index (χ1n) is 4.46. The van der Waals surface area contributed by atoms with E-state index in [1.807, 2.05) is 31.0 Å². The molecule has 0 aromatic carbocycles. The van der Waals surface area contributed by atoms with Crippen LogP contribution in [0, 0.1) is 6.92 Å². The van der Waals surface area contributed by atoms with Crippen LogP contribution in [0.1, 0.15) is 5.56 Å². The van der Waals surface area contributed by atoms with E-state index in [4.69, 9.17) is 11.6 Å². The molecule has 0 amide bonds. The fourth-order valence-corrected chi connectivity index (χ4v) is 2.62. The van der Waals surface area contributed by atoms with Gasteiger partial charge in [-0.25, -0.2) is 0 Å². The Labute approximate surface area is 96.9 Å². The standard InChI is InChI=1S/C9H11ClN4S/c1-5-4-15-7(6(5)10)8-12-13-9(11-2)14(8)3/h4H,1-3H3,(H,11,13). The molecule has 0 bridgehead atoms. The number of aryl methyl sites for hydroxylation is 1. The monoisotopic (exact) mass is 242 g/mol. The first kappa shape index (κ1) is 10.4. The molecule has 0 saturated heterocycles. The van der Waals surface area contributed by atoms with Crippen LogP contribution < -0.4 is 5.32 Å². The topological polar surface area (TPSA) is 42.7 Å². The molecule has 6 heteroatoms. The zero-order valence-corrected chi connectivity index (χ0v) is 10.3. The Balaban J connectivity index is 2.54. The second-order valence-electron chi connectivity index (χ2n) is 3.22. The second-order valence-corrected chi connectivity index (χ2v) is 4.48. The van der Waals surface area contributed by atoms with Gasteiger partial charge >= 0.3 is 0 Å². The van der Waals surface area contributed by atoms with Gasteiger partial charge in [0.05, 0.1) is 9.90 Å². The van der Waals surface area contributed by atoms with Crippen LogP contribution in [0.5, 0.6) is 0 Å². The van der Waals surface area contributed by atoms with Gasteiger partial charge in [-0.15, -0.1) is 21.5 Å². The predicted octanol–water partition coefficient (Wildman–Crippen LogP) is 2.55. The van der Waals surface area contributed by atoms with Crippen LogP contribution >= 0.6 is 22.9 Å². The molecule has 0 fully saturated rings. The number of aromatic nitrogens is 3. The van der Waals surface area contributed by atoms with E-state index in [1.165, 1.54) is 0 Å². The molecule has 80 valence electrons. The maximum absolute atomic E-state index is 6.18. The summed E-state index contributed by atoms with van der Waals surface area (Å²) in [5, 5.41) is 13.9. The zero-order chi connectivity index (χ0) is 11.0. The molecule has 0 spiro atoms. The third-order valence-electron chi connectivity index (χ3n) is 2.20. The lowest BCUT2D eigenvalue weighted by molar-refractivity contribution is 0.927. The van der Waals surface area contributed by atoms with Crippen molar-refractivity contribution in [2.45, 2.75) is 6.92 Å². The molecule has 0 saturated carbocycles. The van der Waals surface area contributed by atoms with Crippen LogP contribution in [0.3, 0.4) is 0 Å². The lowest BCUT2D eigenvalue weighted by Crippen LogP contribution is -1.99. The third-order valence-corrected chi connectivity index (χ3v) is 3.89. The summed E-state index contributed by atoms with van der Waals surface area (Å²) in [7, 11) is 3.72. The first-order valence-corrected chi connectivity index (χ1v) is 5.72. The van der Waals surface area contributed by atoms with Gasteiger partial charge in [0, 0.05) is 14.1 Å². The second kappa shape index (κ2) is 3.83. The number of rotatable bonds is 2. The van der Waals surface area contributed by atoms with Gasteiger partial charge in [0.1, 0.15) is 0 Å². The summed E-state index contributed by atoms with van der Waals surface area (Å²) in [5.41, 5.74) is 1.07. The summed E-state index contributed by atoms with van der Waals surface area (Å²) >= 11 is 7.76. The van der Waals surface area contributed by atoms with Gasteiger partial charge in [-0.05, 0) is 17.9 Å². The van der Waals surface area contributed by atoms with Gasteiger partial charge < -0.3 is 5.32 Å². The number of nitrogens with zero attached hydrogens (tertiary/aromatic N) is 3. The van der Waals surface area contributed by atoms with Gasteiger partial charge in [-0.1, -0.05) is 11.6 Å². The van der Waals surface area contributed by atoms with E-state index in [0.717, 1.165) is 27.2 Å². The van der Waals surface area contributed by atoms with Crippen LogP contribution in [0.4, 0.5) is 5.95 Å². The summed E-state index contributed by atoms with van der Waals surface area (Å²) in [6.45, 7) is 1.98. The minimum Gasteiger partial charge on any atom is -0.357 e. The lowest BCUT2D eigenvalue weighted by Gasteiger charge is -2.01. The van der Waals surface area contributed by atoms with E-state index in [1.54, 1.807) is 11.3 Å². The van der Waals surface area contributed by atoms with E-state index in [-0.39, 0.29) is 0 Å². The molecule has 2 aromatic heterocycles. The summed E-state index contributed by atoms with van der Waals surface area (Å²) in [4.78, 5) is 0.964. The number of anilines is 1. The van der Waals surface area contributed by atoms with Gasteiger partial charge in [-0.2, -0.15) is 0 Å². The molecule has 0 aliphatic carbocycles. The van der Waals surface area contributed by atoms with E-state index < -0.39 is 0 Å². The number of nitrogens with one attached hydrogen (secondary N) is 1. The summed E-state index contributed by atoms with van der Waals surface area (Å²) in [6, 6.07) is 0. The van der Waals surface area contributed by atoms with E-state index in [9.17, 15) is 0 Å². The van der Waals surface area contributed by atoms with Crippen molar-refractivity contribution in [3.8, 4) is 10.7 Å². The molecule has 2 rings (SSSR count). The lowest BCUT2D eigenvalue weighted by atomic mass is 10.3. The third kappa shape index (κ3) is 1.61. The number of hydrogen-bond donors (Lipinski definition) is 1. The Morgan fingerprint density at radius 1 is 1.47 bits per heavy atom. The average molecular weight is 243 g/mol. The van der Waals surface area contributed by atoms with Crippen molar-refractivity contribution in [3.63, 3.8) is 0 Å². The summed E-state index contributed by atoms with van der Waals surface area (Å²) in [5.74, 6) is 1.52. The quantitative estimate of drug-likeness (QED) is 0.880. The van der Waals surface area contributed by atoms with Crippen LogP contribution in [0.15, 0.2) is 5.38 Å². The Kier molecular flexibility index (Phi) is 2.67. The van der Waals surface area contributed by atoms with Crippen molar-refractivity contribution in [1.82, 2.24) is 14.8 Å². The van der Waals surface area contributed by atoms with Crippen LogP contribution in [-0.2, 0) is 7.05 Å². The molecule has 0 atom stereocenters. The molecule has 4 nitrogen and oxygen atoms in total. The number of hydrogen-bond acceptors (Lipinski definition) is 4. The predicted molar refractivity (Wildman–Crippen MR) is 63.6 cm³/mol. The van der Waals surface area contributed by atoms with Gasteiger partial charge in [-0.3, -0.25) is 4.57 Å². The molecule has 15 heavy (non-hydrogen) atoms. The molecule has 0 unspecified atom stereocenters. The fraction of sp³-hybridized carbons (Fsp3) is 0.333. The first-order chi connectivity index (χ1) is 7.15. The highest BCUT2D eigenvalue weighted by Gasteiger charge is 2.15. The summed E-state index contributed by atoms with van der Waals surface area (Å²) in [6.07, 6.45) is 0. The summed E-state index contributed by atoms with van der Waals surface area (Å²) < 4.78 is 1.89. The normalized spacial score (nSPS) is 10.7. The molecule has 0 aliphatic rings. The molecule has 0 aliphatic heterocycles. The molecule has 2 aromatic rings. The number of halogens is 1. The van der Waals surface area contributed by atoms with Gasteiger partial charge in [0.15, 0.2) is 5.82 Å². The minimum absolute atomic E-state index is 0.729. The maximum Gasteiger partial charge on any atom is 0.224 e. The van der Waals surface area contributed by atoms with E-state index >= 15 is 0 Å². The van der Waals surface area contributed by atoms with Crippen molar-refractivity contribution in [2.24, 2.45) is 7.05 Å². The molecular weight excluding hydrogens is 232 g/mol. The van der Waals surface area contributed by atoms with Crippen molar-refractivity contribution in [3.05, 3.63) is 16.0 Å². The Hall–Kier alpha value is -1.07. The SMILES string of the molecule is CNc1nnc(-c2scc(C)c2Cl)n1C. The largest absolute Gasteiger partial charge is 0.357 e. The van der Waals surface area contributed by atoms with Crippen LogP contribution in [0.25, 0.3) is 10.7 Å². The highest BCUT2D eigenvalue weighted by molar-refractivity contribution is 7.14. The zero-order valence-electron chi connectivity index (χ0n) is 8.71. The highest BCUT2D eigenvalue weighted by Crippen LogP contribution is 2.35. The maximum atomic E-state index is 6.18. The minimum atomic E-state index is 0.729. The van der Waals surface area contributed by atoms with Crippen molar-refractivity contribution in [1.29, 1.82) is 0 Å². The van der Waals surface area contributed by atoms with Crippen molar-refractivity contribution in [2.75, 3.05) is 12.4 Å². The van der Waals surface area contributed by atoms with Gasteiger partial charge in [0.2, 0.25) is 5.95 Å². The van der Waals surface area contributed by atoms with E-state index in [2.05, 4.69) is 15.5 Å². The van der Waals surface area contributed by atoms with Crippen molar-refractivity contribution < 1.29 is 0 Å². The van der Waals surface area contributed by atoms with Gasteiger partial charge in [0.25, 0.3) is 0 Å². The van der Waals surface area contributed by atoms with Crippen molar-refractivity contribution >= 4 is 28.9 Å². The fourth-order valence-electron chi connectivity index (χ4n) is 1.33. The van der Waals surface area contributed by atoms with E-state index in [0.29, 0.717) is 0 Å². The molecule has 1 N–H and O–H groups in total. The Bertz CT molecular complexity index is 488.